The molecule has 2 aromatic carbocycles. The molecule has 3 aromatic rings. The molecule has 10 nitrogen and oxygen atoms in total. The third-order valence-electron chi connectivity index (χ3n) is 5.94. The van der Waals surface area contributed by atoms with Crippen molar-refractivity contribution >= 4 is 27.3 Å². The summed E-state index contributed by atoms with van der Waals surface area (Å²) in [5, 5.41) is 17.2. The molecule has 1 aromatic heterocycles. The number of piperidine rings is 1. The first-order valence-electron chi connectivity index (χ1n) is 10.9. The van der Waals surface area contributed by atoms with Crippen molar-refractivity contribution in [2.24, 2.45) is 5.92 Å². The van der Waals surface area contributed by atoms with Gasteiger partial charge in [-0.1, -0.05) is 0 Å². The van der Waals surface area contributed by atoms with Gasteiger partial charge in [0.2, 0.25) is 15.9 Å². The fourth-order valence-electron chi connectivity index (χ4n) is 3.92. The highest BCUT2D eigenvalue weighted by Gasteiger charge is 2.32. The van der Waals surface area contributed by atoms with E-state index >= 15 is 0 Å². The van der Waals surface area contributed by atoms with Gasteiger partial charge in [-0.2, -0.15) is 9.40 Å². The fraction of sp³-hybridized carbons (Fsp3) is 0.273. The SMILES string of the molecule is O=C(Nc1cnn(Cc2c(F)cc(F)c(F)c2F)c1)C1CCN(S(=O)(=O)c2ccc([N+](=O)[O-])cc2)CC1. The smallest absolute Gasteiger partial charge is 0.269 e. The Kier molecular flexibility index (Phi) is 7.27. The van der Waals surface area contributed by atoms with Gasteiger partial charge in [0, 0.05) is 49.0 Å². The Morgan fingerprint density at radius 3 is 2.35 bits per heavy atom. The highest BCUT2D eigenvalue weighted by molar-refractivity contribution is 7.89. The summed E-state index contributed by atoms with van der Waals surface area (Å²) in [6.45, 7) is -0.458. The molecule has 37 heavy (non-hydrogen) atoms. The van der Waals surface area contributed by atoms with E-state index in [0.717, 1.165) is 28.9 Å². The molecule has 0 atom stereocenters. The number of carbonyl (C=O) groups excluding carboxylic acids is 1. The Morgan fingerprint density at radius 1 is 1.08 bits per heavy atom. The van der Waals surface area contributed by atoms with Crippen LogP contribution < -0.4 is 5.32 Å². The maximum Gasteiger partial charge on any atom is 0.269 e. The summed E-state index contributed by atoms with van der Waals surface area (Å²) < 4.78 is 82.2. The van der Waals surface area contributed by atoms with E-state index in [2.05, 4.69) is 10.4 Å². The number of halogens is 4. The topological polar surface area (TPSA) is 127 Å². The summed E-state index contributed by atoms with van der Waals surface area (Å²) in [5.74, 6) is -7.37. The third-order valence-corrected chi connectivity index (χ3v) is 7.85. The molecule has 0 bridgehead atoms. The lowest BCUT2D eigenvalue weighted by molar-refractivity contribution is -0.384. The van der Waals surface area contributed by atoms with Crippen molar-refractivity contribution < 1.29 is 35.7 Å². The Hall–Kier alpha value is -3.85. The highest BCUT2D eigenvalue weighted by atomic mass is 32.2. The van der Waals surface area contributed by atoms with Crippen LogP contribution in [0.25, 0.3) is 0 Å². The highest BCUT2D eigenvalue weighted by Crippen LogP contribution is 2.26. The lowest BCUT2D eigenvalue weighted by Crippen LogP contribution is -2.41. The lowest BCUT2D eigenvalue weighted by Gasteiger charge is -2.30. The van der Waals surface area contributed by atoms with Crippen molar-refractivity contribution in [1.82, 2.24) is 14.1 Å². The first-order chi connectivity index (χ1) is 17.5. The van der Waals surface area contributed by atoms with Crippen LogP contribution in [0, 0.1) is 39.3 Å². The molecule has 1 aliphatic rings. The van der Waals surface area contributed by atoms with Gasteiger partial charge in [0.1, 0.15) is 5.82 Å². The van der Waals surface area contributed by atoms with E-state index in [4.69, 9.17) is 0 Å². The van der Waals surface area contributed by atoms with Gasteiger partial charge < -0.3 is 5.32 Å². The molecular weight excluding hydrogens is 522 g/mol. The number of rotatable bonds is 7. The van der Waals surface area contributed by atoms with Gasteiger partial charge >= 0.3 is 0 Å². The van der Waals surface area contributed by atoms with E-state index in [1.807, 2.05) is 0 Å². The average molecular weight is 541 g/mol. The van der Waals surface area contributed by atoms with Crippen LogP contribution in [0.1, 0.15) is 18.4 Å². The number of benzene rings is 2. The monoisotopic (exact) mass is 541 g/mol. The van der Waals surface area contributed by atoms with Crippen LogP contribution in [-0.4, -0.2) is 46.4 Å². The zero-order valence-corrected chi connectivity index (χ0v) is 19.7. The van der Waals surface area contributed by atoms with Crippen LogP contribution in [0.2, 0.25) is 0 Å². The van der Waals surface area contributed by atoms with Gasteiger partial charge in [0.25, 0.3) is 5.69 Å². The molecule has 4 rings (SSSR count). The third kappa shape index (κ3) is 5.46. The molecule has 1 amide bonds. The Balaban J connectivity index is 1.35. The number of sulfonamides is 1. The fourth-order valence-corrected chi connectivity index (χ4v) is 5.39. The molecule has 2 heterocycles. The van der Waals surface area contributed by atoms with Crippen LogP contribution in [0.15, 0.2) is 47.6 Å². The largest absolute Gasteiger partial charge is 0.323 e. The molecule has 1 N–H and O–H groups in total. The van der Waals surface area contributed by atoms with Crippen molar-refractivity contribution in [3.8, 4) is 0 Å². The predicted molar refractivity (Wildman–Crippen MR) is 121 cm³/mol. The normalized spacial score (nSPS) is 15.0. The van der Waals surface area contributed by atoms with Crippen LogP contribution in [0.4, 0.5) is 28.9 Å². The first kappa shape index (κ1) is 26.2. The number of non-ortho nitro benzene ring substituents is 1. The Labute approximate surface area is 207 Å². The molecule has 0 saturated carbocycles. The molecule has 0 unspecified atom stereocenters. The second-order valence-electron chi connectivity index (χ2n) is 8.29. The summed E-state index contributed by atoms with van der Waals surface area (Å²) in [4.78, 5) is 22.7. The zero-order chi connectivity index (χ0) is 26.9. The Morgan fingerprint density at radius 2 is 1.73 bits per heavy atom. The molecule has 1 aliphatic heterocycles. The van der Waals surface area contributed by atoms with Crippen LogP contribution in [0.3, 0.4) is 0 Å². The number of hydrogen-bond acceptors (Lipinski definition) is 6. The summed E-state index contributed by atoms with van der Waals surface area (Å²) in [6.07, 6.45) is 2.88. The summed E-state index contributed by atoms with van der Waals surface area (Å²) >= 11 is 0. The number of nitro groups is 1. The Bertz CT molecular complexity index is 1450. The number of nitro benzene ring substituents is 1. The quantitative estimate of drug-likeness (QED) is 0.161. The molecule has 196 valence electrons. The first-order valence-corrected chi connectivity index (χ1v) is 12.3. The lowest BCUT2D eigenvalue weighted by atomic mass is 9.97. The van der Waals surface area contributed by atoms with Gasteiger partial charge in [0.15, 0.2) is 17.5 Å². The summed E-state index contributed by atoms with van der Waals surface area (Å²) in [7, 11) is -3.90. The van der Waals surface area contributed by atoms with Crippen molar-refractivity contribution in [2.45, 2.75) is 24.3 Å². The summed E-state index contributed by atoms with van der Waals surface area (Å²) in [5.41, 5.74) is -0.784. The number of nitrogens with one attached hydrogen (secondary N) is 1. The second kappa shape index (κ2) is 10.3. The maximum atomic E-state index is 13.9. The molecule has 0 radical (unpaired) electrons. The molecular formula is C22H19F4N5O5S. The van der Waals surface area contributed by atoms with E-state index < -0.39 is 62.1 Å². The minimum absolute atomic E-state index is 0.0470. The number of amides is 1. The van der Waals surface area contributed by atoms with Gasteiger partial charge in [-0.05, 0) is 25.0 Å². The van der Waals surface area contributed by atoms with Crippen molar-refractivity contribution in [2.75, 3.05) is 18.4 Å². The van der Waals surface area contributed by atoms with E-state index in [9.17, 15) is 40.9 Å². The van der Waals surface area contributed by atoms with E-state index in [1.54, 1.807) is 0 Å². The maximum absolute atomic E-state index is 13.9. The van der Waals surface area contributed by atoms with Gasteiger partial charge in [-0.25, -0.2) is 26.0 Å². The van der Waals surface area contributed by atoms with Crippen LogP contribution >= 0.6 is 0 Å². The van der Waals surface area contributed by atoms with Gasteiger partial charge in [-0.3, -0.25) is 19.6 Å². The number of carbonyl (C=O) groups is 1. The van der Waals surface area contributed by atoms with Gasteiger partial charge in [0.05, 0.1) is 28.2 Å². The number of hydrogen-bond donors (Lipinski definition) is 1. The minimum Gasteiger partial charge on any atom is -0.323 e. The van der Waals surface area contributed by atoms with Crippen LogP contribution in [0.5, 0.6) is 0 Å². The molecule has 1 saturated heterocycles. The van der Waals surface area contributed by atoms with E-state index in [-0.39, 0.29) is 48.3 Å². The van der Waals surface area contributed by atoms with Gasteiger partial charge in [-0.15, -0.1) is 0 Å². The number of anilines is 1. The van der Waals surface area contributed by atoms with Crippen molar-refractivity contribution in [3.63, 3.8) is 0 Å². The second-order valence-corrected chi connectivity index (χ2v) is 10.2. The average Bonchev–Trinajstić information content (AvgIpc) is 3.32. The molecule has 0 aliphatic carbocycles. The van der Waals surface area contributed by atoms with E-state index in [0.29, 0.717) is 0 Å². The van der Waals surface area contributed by atoms with E-state index in [1.165, 1.54) is 16.7 Å². The minimum atomic E-state index is -3.90. The zero-order valence-electron chi connectivity index (χ0n) is 18.9. The van der Waals surface area contributed by atoms with Crippen molar-refractivity contribution in [1.29, 1.82) is 0 Å². The standard InChI is InChI=1S/C22H19F4N5O5S/c23-18-9-19(24)21(26)20(25)17(18)12-29-11-14(10-27-29)28-22(32)13-5-7-30(8-6-13)37(35,36)16-3-1-15(2-4-16)31(33)34/h1-4,9-11,13H,5-8,12H2,(H,28,32). The molecule has 1 fully saturated rings. The van der Waals surface area contributed by atoms with Crippen molar-refractivity contribution in [3.05, 3.63) is 81.7 Å². The number of aromatic nitrogens is 2. The molecule has 0 spiro atoms. The predicted octanol–water partition coefficient (Wildman–Crippen LogP) is 3.44. The molecule has 15 heteroatoms. The number of nitrogens with zero attached hydrogens (tertiary/aromatic N) is 4. The van der Waals surface area contributed by atoms with Crippen LogP contribution in [-0.2, 0) is 21.4 Å². The summed E-state index contributed by atoms with van der Waals surface area (Å²) in [6, 6.07) is 4.74.